The number of amides is 3. The molecular formula is C26H32N4O5. The average Bonchev–Trinajstić information content (AvgIpc) is 3.39. The quantitative estimate of drug-likeness (QED) is 0.612. The van der Waals surface area contributed by atoms with Gasteiger partial charge in [-0.3, -0.25) is 14.6 Å². The highest BCUT2D eigenvalue weighted by atomic mass is 16.5. The maximum atomic E-state index is 13.2. The molecule has 3 heterocycles. The summed E-state index contributed by atoms with van der Waals surface area (Å²) in [6, 6.07) is 11.9. The van der Waals surface area contributed by atoms with E-state index in [-0.39, 0.29) is 24.6 Å². The molecule has 3 amide bonds. The van der Waals surface area contributed by atoms with E-state index >= 15 is 0 Å². The Morgan fingerprint density at radius 3 is 2.51 bits per heavy atom. The number of hydrogen-bond acceptors (Lipinski definition) is 6. The van der Waals surface area contributed by atoms with Crippen LogP contribution in [0.2, 0.25) is 0 Å². The molecule has 0 saturated carbocycles. The van der Waals surface area contributed by atoms with E-state index in [0.717, 1.165) is 5.56 Å². The number of ether oxygens (including phenoxy) is 1. The molecule has 2 aliphatic heterocycles. The number of urea groups is 1. The molecule has 0 unspecified atom stereocenters. The number of rotatable bonds is 7. The van der Waals surface area contributed by atoms with Gasteiger partial charge in [0.2, 0.25) is 0 Å². The van der Waals surface area contributed by atoms with Crippen molar-refractivity contribution in [3.05, 3.63) is 71.3 Å². The lowest BCUT2D eigenvalue weighted by Gasteiger charge is -2.42. The maximum Gasteiger partial charge on any atom is 0.338 e. The van der Waals surface area contributed by atoms with Crippen LogP contribution < -0.4 is 5.32 Å². The molecule has 1 fully saturated rings. The first-order valence-corrected chi connectivity index (χ1v) is 12.0. The van der Waals surface area contributed by atoms with Crippen molar-refractivity contribution in [3.8, 4) is 0 Å². The smallest absolute Gasteiger partial charge is 0.338 e. The van der Waals surface area contributed by atoms with Crippen molar-refractivity contribution in [1.82, 2.24) is 20.0 Å². The minimum absolute atomic E-state index is 0.0644. The summed E-state index contributed by atoms with van der Waals surface area (Å²) >= 11 is 0. The van der Waals surface area contributed by atoms with Crippen LogP contribution in [0.4, 0.5) is 4.79 Å². The van der Waals surface area contributed by atoms with Crippen molar-refractivity contribution in [1.29, 1.82) is 0 Å². The molecule has 35 heavy (non-hydrogen) atoms. The van der Waals surface area contributed by atoms with E-state index in [1.165, 1.54) is 6.26 Å². The monoisotopic (exact) mass is 480 g/mol. The number of nitrogens with zero attached hydrogens (tertiary/aromatic N) is 3. The fraction of sp³-hybridized carbons (Fsp3) is 0.423. The maximum absolute atomic E-state index is 13.2. The van der Waals surface area contributed by atoms with Gasteiger partial charge in [-0.2, -0.15) is 0 Å². The van der Waals surface area contributed by atoms with Gasteiger partial charge >= 0.3 is 12.0 Å². The summed E-state index contributed by atoms with van der Waals surface area (Å²) in [5.41, 5.74) is 1.90. The highest BCUT2D eigenvalue weighted by Crippen LogP contribution is 2.32. The summed E-state index contributed by atoms with van der Waals surface area (Å²) in [6.07, 6.45) is 1.49. The molecule has 1 aromatic carbocycles. The molecular weight excluding hydrogens is 448 g/mol. The second-order valence-electron chi connectivity index (χ2n) is 8.68. The largest absolute Gasteiger partial charge is 0.463 e. The van der Waals surface area contributed by atoms with Gasteiger partial charge in [-0.25, -0.2) is 9.59 Å². The van der Waals surface area contributed by atoms with Crippen LogP contribution >= 0.6 is 0 Å². The van der Waals surface area contributed by atoms with Crippen LogP contribution in [0.3, 0.4) is 0 Å². The molecule has 2 aliphatic rings. The van der Waals surface area contributed by atoms with E-state index in [9.17, 15) is 14.4 Å². The first-order valence-electron chi connectivity index (χ1n) is 12.0. The normalized spacial score (nSPS) is 21.2. The molecule has 1 saturated heterocycles. The third-order valence-corrected chi connectivity index (χ3v) is 6.46. The zero-order chi connectivity index (χ0) is 24.9. The molecule has 0 spiro atoms. The number of likely N-dealkylation sites (N-methyl/N-ethyl adjacent to an activating group) is 1. The van der Waals surface area contributed by atoms with Crippen LogP contribution in [0, 0.1) is 0 Å². The van der Waals surface area contributed by atoms with Gasteiger partial charge in [0.1, 0.15) is 0 Å². The molecule has 1 N–H and O–H groups in total. The van der Waals surface area contributed by atoms with Crippen molar-refractivity contribution in [2.75, 3.05) is 39.3 Å². The number of benzene rings is 1. The van der Waals surface area contributed by atoms with Crippen molar-refractivity contribution in [3.63, 3.8) is 0 Å². The number of hydrogen-bond donors (Lipinski definition) is 1. The van der Waals surface area contributed by atoms with Crippen LogP contribution in [0.15, 0.2) is 64.4 Å². The summed E-state index contributed by atoms with van der Waals surface area (Å²) in [5.74, 6) is -0.246. The highest BCUT2D eigenvalue weighted by Gasteiger charge is 2.39. The summed E-state index contributed by atoms with van der Waals surface area (Å²) in [5, 5.41) is 2.98. The number of carbonyl (C=O) groups is 3. The fourth-order valence-electron chi connectivity index (χ4n) is 4.79. The Morgan fingerprint density at radius 2 is 1.89 bits per heavy atom. The average molecular weight is 481 g/mol. The number of piperazine rings is 1. The molecule has 0 bridgehead atoms. The molecule has 2 atom stereocenters. The first kappa shape index (κ1) is 24.5. The number of esters is 1. The molecule has 0 radical (unpaired) electrons. The van der Waals surface area contributed by atoms with E-state index in [1.807, 2.05) is 44.2 Å². The number of furan rings is 1. The Bertz CT molecular complexity index is 1080. The lowest BCUT2D eigenvalue weighted by Crippen LogP contribution is -2.56. The third-order valence-electron chi connectivity index (χ3n) is 6.46. The molecule has 1 aromatic heterocycles. The number of carbonyl (C=O) groups excluding carboxylic acids is 3. The van der Waals surface area contributed by atoms with Gasteiger partial charge in [0.05, 0.1) is 24.5 Å². The molecule has 2 aromatic rings. The molecule has 0 aliphatic carbocycles. The zero-order valence-corrected chi connectivity index (χ0v) is 20.4. The van der Waals surface area contributed by atoms with Gasteiger partial charge in [-0.15, -0.1) is 0 Å². The van der Waals surface area contributed by atoms with Crippen LogP contribution in [0.5, 0.6) is 0 Å². The summed E-state index contributed by atoms with van der Waals surface area (Å²) < 4.78 is 10.7. The van der Waals surface area contributed by atoms with Crippen LogP contribution in [-0.4, -0.2) is 78.0 Å². The Balaban J connectivity index is 1.63. The van der Waals surface area contributed by atoms with Gasteiger partial charge in [0, 0.05) is 44.5 Å². The molecule has 186 valence electrons. The second-order valence-corrected chi connectivity index (χ2v) is 8.68. The molecule has 9 nitrogen and oxygen atoms in total. The fourth-order valence-corrected chi connectivity index (χ4v) is 4.79. The van der Waals surface area contributed by atoms with E-state index in [0.29, 0.717) is 49.8 Å². The molecule has 4 rings (SSSR count). The van der Waals surface area contributed by atoms with Crippen molar-refractivity contribution < 1.29 is 23.5 Å². The SMILES string of the molecule is CCOC(=O)C1=C(CN2CCN(C(=O)c3ccco3)[C@@H](C)C2)N(CC)C(=O)N[C@H]1c1ccccc1. The summed E-state index contributed by atoms with van der Waals surface area (Å²) in [4.78, 5) is 44.7. The Labute approximate surface area is 205 Å². The van der Waals surface area contributed by atoms with Crippen molar-refractivity contribution >= 4 is 17.9 Å². The van der Waals surface area contributed by atoms with Crippen LogP contribution in [-0.2, 0) is 9.53 Å². The number of nitrogens with one attached hydrogen (secondary N) is 1. The predicted molar refractivity (Wildman–Crippen MR) is 129 cm³/mol. The van der Waals surface area contributed by atoms with Crippen LogP contribution in [0.1, 0.15) is 42.9 Å². The van der Waals surface area contributed by atoms with E-state index in [4.69, 9.17) is 9.15 Å². The van der Waals surface area contributed by atoms with Crippen molar-refractivity contribution in [2.45, 2.75) is 32.9 Å². The van der Waals surface area contributed by atoms with Gasteiger partial charge in [-0.1, -0.05) is 30.3 Å². The van der Waals surface area contributed by atoms with Gasteiger partial charge in [0.15, 0.2) is 5.76 Å². The minimum atomic E-state index is -0.597. The van der Waals surface area contributed by atoms with E-state index in [2.05, 4.69) is 10.2 Å². The van der Waals surface area contributed by atoms with Crippen LogP contribution in [0.25, 0.3) is 0 Å². The molecule has 9 heteroatoms. The lowest BCUT2D eigenvalue weighted by atomic mass is 9.94. The minimum Gasteiger partial charge on any atom is -0.463 e. The van der Waals surface area contributed by atoms with Gasteiger partial charge in [0.25, 0.3) is 5.91 Å². The van der Waals surface area contributed by atoms with Gasteiger partial charge in [-0.05, 0) is 38.5 Å². The standard InChI is InChI=1S/C26H32N4O5/c1-4-29-20(17-28-13-14-30(18(3)16-28)24(31)21-12-9-15-35-21)22(25(32)34-5-2)23(27-26(29)33)19-10-7-6-8-11-19/h6-12,15,18,23H,4-5,13-14,16-17H2,1-3H3,(H,27,33)/t18-,23-/m0/s1. The third kappa shape index (κ3) is 5.09. The Morgan fingerprint density at radius 1 is 1.11 bits per heavy atom. The Kier molecular flexibility index (Phi) is 7.55. The van der Waals surface area contributed by atoms with E-state index in [1.54, 1.807) is 28.9 Å². The second kappa shape index (κ2) is 10.8. The highest BCUT2D eigenvalue weighted by molar-refractivity contribution is 5.95. The van der Waals surface area contributed by atoms with E-state index < -0.39 is 12.0 Å². The summed E-state index contributed by atoms with van der Waals surface area (Å²) in [7, 11) is 0. The predicted octanol–water partition coefficient (Wildman–Crippen LogP) is 3.03. The Hall–Kier alpha value is -3.59. The topological polar surface area (TPSA) is 95.3 Å². The summed E-state index contributed by atoms with van der Waals surface area (Å²) in [6.45, 7) is 8.41. The first-order chi connectivity index (χ1) is 16.9. The van der Waals surface area contributed by atoms with Crippen molar-refractivity contribution in [2.24, 2.45) is 0 Å². The zero-order valence-electron chi connectivity index (χ0n) is 20.4. The lowest BCUT2D eigenvalue weighted by molar-refractivity contribution is -0.139. The van der Waals surface area contributed by atoms with Gasteiger partial charge < -0.3 is 19.4 Å².